The summed E-state index contributed by atoms with van der Waals surface area (Å²) < 4.78 is 2.25. The van der Waals surface area contributed by atoms with Crippen LogP contribution in [0.25, 0.3) is 11.0 Å². The van der Waals surface area contributed by atoms with Gasteiger partial charge in [0.25, 0.3) is 0 Å². The van der Waals surface area contributed by atoms with Gasteiger partial charge in [0.2, 0.25) is 0 Å². The topological polar surface area (TPSA) is 74.5 Å². The third-order valence-corrected chi connectivity index (χ3v) is 4.93. The summed E-state index contributed by atoms with van der Waals surface area (Å²) in [6, 6.07) is 18.3. The van der Waals surface area contributed by atoms with Crippen molar-refractivity contribution in [2.75, 3.05) is 26.7 Å². The van der Waals surface area contributed by atoms with Gasteiger partial charge in [-0.3, -0.25) is 4.99 Å². The number of guanidine groups is 1. The van der Waals surface area contributed by atoms with E-state index in [2.05, 4.69) is 31.2 Å². The van der Waals surface area contributed by atoms with Crippen molar-refractivity contribution in [1.29, 1.82) is 0 Å². The number of aromatic nitrogens is 2. The van der Waals surface area contributed by atoms with Gasteiger partial charge in [-0.05, 0) is 31.0 Å². The van der Waals surface area contributed by atoms with E-state index in [4.69, 9.17) is 0 Å². The molecule has 3 rings (SSSR count). The molecule has 0 aliphatic heterocycles. The molecule has 0 radical (unpaired) electrons. The Morgan fingerprint density at radius 1 is 1.11 bits per heavy atom. The number of imidazole rings is 1. The lowest BCUT2D eigenvalue weighted by Crippen LogP contribution is -2.40. The van der Waals surface area contributed by atoms with Crippen molar-refractivity contribution in [3.63, 3.8) is 0 Å². The van der Waals surface area contributed by atoms with Gasteiger partial charge in [0.1, 0.15) is 5.82 Å². The van der Waals surface area contributed by atoms with E-state index in [9.17, 15) is 5.11 Å². The molecule has 6 heteroatoms. The lowest BCUT2D eigenvalue weighted by atomic mass is 10.0. The monoisotopic (exact) mass is 379 g/mol. The molecule has 0 saturated heterocycles. The summed E-state index contributed by atoms with van der Waals surface area (Å²) in [7, 11) is 1.76. The largest absolute Gasteiger partial charge is 0.396 e. The Hall–Kier alpha value is -2.86. The summed E-state index contributed by atoms with van der Waals surface area (Å²) in [5, 5.41) is 16.4. The summed E-state index contributed by atoms with van der Waals surface area (Å²) in [6.45, 7) is 4.49. The summed E-state index contributed by atoms with van der Waals surface area (Å²) in [4.78, 5) is 8.90. The maximum Gasteiger partial charge on any atom is 0.191 e. The van der Waals surface area contributed by atoms with Crippen molar-refractivity contribution < 1.29 is 5.11 Å². The number of aliphatic hydroxyl groups is 1. The number of aliphatic imine (C=N–C) groups is 1. The Morgan fingerprint density at radius 2 is 1.86 bits per heavy atom. The molecule has 1 unspecified atom stereocenters. The molecule has 3 N–H and O–H groups in total. The van der Waals surface area contributed by atoms with Crippen molar-refractivity contribution in [2.45, 2.75) is 25.8 Å². The number of fused-ring (bicyclic) bond motifs is 1. The average Bonchev–Trinajstić information content (AvgIpc) is 3.06. The molecule has 148 valence electrons. The first-order chi connectivity index (χ1) is 13.7. The first kappa shape index (κ1) is 19.9. The van der Waals surface area contributed by atoms with Gasteiger partial charge in [0, 0.05) is 32.6 Å². The summed E-state index contributed by atoms with van der Waals surface area (Å²) in [6.07, 6.45) is 0.962. The lowest BCUT2D eigenvalue weighted by Gasteiger charge is -2.18. The summed E-state index contributed by atoms with van der Waals surface area (Å²) in [5.74, 6) is 1.83. The minimum absolute atomic E-state index is 0.0414. The van der Waals surface area contributed by atoms with E-state index in [1.54, 1.807) is 7.05 Å². The number of hydrogen-bond acceptors (Lipinski definition) is 3. The summed E-state index contributed by atoms with van der Waals surface area (Å²) in [5.41, 5.74) is 3.34. The molecule has 0 spiro atoms. The van der Waals surface area contributed by atoms with Gasteiger partial charge in [0.15, 0.2) is 5.96 Å². The van der Waals surface area contributed by atoms with Gasteiger partial charge in [-0.15, -0.1) is 0 Å². The van der Waals surface area contributed by atoms with Gasteiger partial charge in [-0.2, -0.15) is 0 Å². The Bertz CT molecular complexity index is 904. The maximum absolute atomic E-state index is 9.69. The number of nitrogens with one attached hydrogen (secondary N) is 2. The molecule has 28 heavy (non-hydrogen) atoms. The standard InChI is InChI=1S/C22H29N5O/c1-17-26-20-11-6-7-12-21(20)27(17)14-8-13-24-22(23-2)25-15-19(16-28)18-9-4-3-5-10-18/h3-7,9-12,19,28H,8,13-16H2,1-2H3,(H2,23,24,25). The van der Waals surface area contributed by atoms with Crippen molar-refractivity contribution >= 4 is 17.0 Å². The highest BCUT2D eigenvalue weighted by Gasteiger charge is 2.11. The fourth-order valence-corrected chi connectivity index (χ4v) is 3.38. The number of aryl methyl sites for hydroxylation is 2. The molecular formula is C22H29N5O. The van der Waals surface area contributed by atoms with Crippen LogP contribution < -0.4 is 10.6 Å². The zero-order chi connectivity index (χ0) is 19.8. The van der Waals surface area contributed by atoms with Crippen LogP contribution in [0, 0.1) is 6.92 Å². The molecular weight excluding hydrogens is 350 g/mol. The van der Waals surface area contributed by atoms with Gasteiger partial charge >= 0.3 is 0 Å². The quantitative estimate of drug-likeness (QED) is 0.320. The fourth-order valence-electron chi connectivity index (χ4n) is 3.38. The molecule has 1 heterocycles. The Morgan fingerprint density at radius 3 is 2.61 bits per heavy atom. The van der Waals surface area contributed by atoms with E-state index < -0.39 is 0 Å². The molecule has 0 saturated carbocycles. The Balaban J connectivity index is 1.47. The fraction of sp³-hybridized carbons (Fsp3) is 0.364. The molecule has 1 atom stereocenters. The van der Waals surface area contributed by atoms with Crippen molar-refractivity contribution in [2.24, 2.45) is 4.99 Å². The van der Waals surface area contributed by atoms with E-state index in [1.165, 1.54) is 5.52 Å². The molecule has 0 fully saturated rings. The third-order valence-electron chi connectivity index (χ3n) is 4.93. The smallest absolute Gasteiger partial charge is 0.191 e. The highest BCUT2D eigenvalue weighted by atomic mass is 16.3. The van der Waals surface area contributed by atoms with Crippen LogP contribution in [0.1, 0.15) is 23.7 Å². The first-order valence-electron chi connectivity index (χ1n) is 9.75. The zero-order valence-electron chi connectivity index (χ0n) is 16.6. The number of nitrogens with zero attached hydrogens (tertiary/aromatic N) is 3. The SMILES string of the molecule is CN=C(NCCCn1c(C)nc2ccccc21)NCC(CO)c1ccccc1. The number of benzene rings is 2. The van der Waals surface area contributed by atoms with Gasteiger partial charge in [0.05, 0.1) is 17.6 Å². The molecule has 2 aromatic carbocycles. The van der Waals surface area contributed by atoms with Crippen LogP contribution in [0.2, 0.25) is 0 Å². The van der Waals surface area contributed by atoms with E-state index in [-0.39, 0.29) is 12.5 Å². The number of rotatable bonds is 8. The predicted octanol–water partition coefficient (Wildman–Crippen LogP) is 2.68. The van der Waals surface area contributed by atoms with Gasteiger partial charge < -0.3 is 20.3 Å². The first-order valence-corrected chi connectivity index (χ1v) is 9.75. The molecule has 3 aromatic rings. The van der Waals surface area contributed by atoms with Crippen LogP contribution in [0.5, 0.6) is 0 Å². The van der Waals surface area contributed by atoms with Gasteiger partial charge in [-0.1, -0.05) is 42.5 Å². The second-order valence-electron chi connectivity index (χ2n) is 6.82. The van der Waals surface area contributed by atoms with E-state index in [0.29, 0.717) is 6.54 Å². The molecule has 0 aliphatic carbocycles. The zero-order valence-corrected chi connectivity index (χ0v) is 16.6. The van der Waals surface area contributed by atoms with Crippen LogP contribution in [0.4, 0.5) is 0 Å². The minimum atomic E-state index is 0.0414. The second-order valence-corrected chi connectivity index (χ2v) is 6.82. The highest BCUT2D eigenvalue weighted by molar-refractivity contribution is 5.79. The number of hydrogen-bond donors (Lipinski definition) is 3. The molecule has 0 aliphatic rings. The third kappa shape index (κ3) is 4.89. The molecule has 6 nitrogen and oxygen atoms in total. The molecule has 0 amide bonds. The van der Waals surface area contributed by atoms with E-state index in [1.807, 2.05) is 55.5 Å². The Kier molecular flexibility index (Phi) is 7.03. The summed E-state index contributed by atoms with van der Waals surface area (Å²) >= 11 is 0. The predicted molar refractivity (Wildman–Crippen MR) is 115 cm³/mol. The number of aliphatic hydroxyl groups excluding tert-OH is 1. The number of para-hydroxylation sites is 2. The normalized spacial score (nSPS) is 12.9. The second kappa shape index (κ2) is 9.90. The highest BCUT2D eigenvalue weighted by Crippen LogP contribution is 2.16. The Labute approximate surface area is 166 Å². The average molecular weight is 380 g/mol. The van der Waals surface area contributed by atoms with Gasteiger partial charge in [-0.25, -0.2) is 4.98 Å². The maximum atomic E-state index is 9.69. The van der Waals surface area contributed by atoms with Crippen molar-refractivity contribution in [1.82, 2.24) is 20.2 Å². The van der Waals surface area contributed by atoms with Crippen LogP contribution in [-0.4, -0.2) is 47.4 Å². The van der Waals surface area contributed by atoms with Crippen LogP contribution >= 0.6 is 0 Å². The van der Waals surface area contributed by atoms with E-state index >= 15 is 0 Å². The van der Waals surface area contributed by atoms with E-state index in [0.717, 1.165) is 42.4 Å². The van der Waals surface area contributed by atoms with Crippen LogP contribution in [0.15, 0.2) is 59.6 Å². The minimum Gasteiger partial charge on any atom is -0.396 e. The lowest BCUT2D eigenvalue weighted by molar-refractivity contribution is 0.265. The molecule has 0 bridgehead atoms. The van der Waals surface area contributed by atoms with Crippen molar-refractivity contribution in [3.05, 3.63) is 66.0 Å². The van der Waals surface area contributed by atoms with Crippen molar-refractivity contribution in [3.8, 4) is 0 Å². The van der Waals surface area contributed by atoms with Crippen LogP contribution in [-0.2, 0) is 6.54 Å². The van der Waals surface area contributed by atoms with Crippen LogP contribution in [0.3, 0.4) is 0 Å². The molecule has 1 aromatic heterocycles.